The minimum Gasteiger partial charge on any atom is -0.330 e. The van der Waals surface area contributed by atoms with Crippen LogP contribution in [0.15, 0.2) is 52.8 Å². The van der Waals surface area contributed by atoms with Gasteiger partial charge in [-0.3, -0.25) is 0 Å². The topological polar surface area (TPSA) is 43.3 Å². The summed E-state index contributed by atoms with van der Waals surface area (Å²) in [7, 11) is 0. The molecule has 0 bridgehead atoms. The van der Waals surface area contributed by atoms with Crippen LogP contribution in [0.4, 0.5) is 32.0 Å². The first-order valence-corrected chi connectivity index (χ1v) is 11.1. The number of rotatable bonds is 6. The summed E-state index contributed by atoms with van der Waals surface area (Å²) < 4.78 is 81.8. The molecular weight excluding hydrogens is 464 g/mol. The highest BCUT2D eigenvalue weighted by molar-refractivity contribution is 7.07. The molecular formula is C23H25F6N3S. The maximum absolute atomic E-state index is 13.4. The Kier molecular flexibility index (Phi) is 7.38. The predicted molar refractivity (Wildman–Crippen MR) is 119 cm³/mol. The van der Waals surface area contributed by atoms with Gasteiger partial charge in [0.05, 0.1) is 22.5 Å². The van der Waals surface area contributed by atoms with Crippen LogP contribution in [0.5, 0.6) is 0 Å². The van der Waals surface area contributed by atoms with Crippen LogP contribution in [0.3, 0.4) is 0 Å². The summed E-state index contributed by atoms with van der Waals surface area (Å²) in [6.45, 7) is 4.63. The quantitative estimate of drug-likeness (QED) is 0.366. The molecule has 0 atom stereocenters. The van der Waals surface area contributed by atoms with Crippen molar-refractivity contribution in [1.29, 1.82) is 0 Å². The minimum atomic E-state index is -4.92. The molecule has 3 aromatic rings. The molecule has 0 spiro atoms. The predicted octanol–water partition coefficient (Wildman–Crippen LogP) is 7.20. The maximum atomic E-state index is 13.4. The van der Waals surface area contributed by atoms with E-state index in [4.69, 9.17) is 10.7 Å². The lowest BCUT2D eigenvalue weighted by Gasteiger charge is -2.15. The van der Waals surface area contributed by atoms with E-state index in [1.807, 2.05) is 38.1 Å². The van der Waals surface area contributed by atoms with Gasteiger partial charge in [-0.1, -0.05) is 32.0 Å². The van der Waals surface area contributed by atoms with E-state index < -0.39 is 23.5 Å². The lowest BCUT2D eigenvalue weighted by molar-refractivity contribution is -0.143. The van der Waals surface area contributed by atoms with Crippen molar-refractivity contribution in [2.45, 2.75) is 45.1 Å². The summed E-state index contributed by atoms with van der Waals surface area (Å²) in [6, 6.07) is 9.08. The molecule has 1 aromatic heterocycles. The van der Waals surface area contributed by atoms with Gasteiger partial charge in [0.1, 0.15) is 0 Å². The standard InChI is InChI=1S/C23H23F6N3S.H2/c1-14(2)18-6-3-4-7-19(18)31-21-32(9-5-8-30)20(13-33-21)15-10-16(22(24,25)26)12-17(11-15)23(27,28)29;/h3-4,6-7,10-14H,5,8-9,30H2,1-2H3;1H. The SMILES string of the molecule is CC(C)c1ccccc1N=c1scc(-c2cc(C(F)(F)F)cc(C(F)(F)F)c2)n1CCCN.[HH]. The lowest BCUT2D eigenvalue weighted by atomic mass is 10.0. The number of thiazole rings is 1. The fourth-order valence-electron chi connectivity index (χ4n) is 3.40. The van der Waals surface area contributed by atoms with E-state index >= 15 is 0 Å². The average molecular weight is 490 g/mol. The Morgan fingerprint density at radius 3 is 2.15 bits per heavy atom. The van der Waals surface area contributed by atoms with Crippen molar-refractivity contribution in [3.63, 3.8) is 0 Å². The lowest BCUT2D eigenvalue weighted by Crippen LogP contribution is -2.18. The number of nitrogens with zero attached hydrogens (tertiary/aromatic N) is 2. The van der Waals surface area contributed by atoms with E-state index in [1.165, 1.54) is 5.38 Å². The van der Waals surface area contributed by atoms with Gasteiger partial charge in [-0.25, -0.2) is 4.99 Å². The molecule has 1 heterocycles. The molecule has 0 saturated heterocycles. The number of hydrogen-bond donors (Lipinski definition) is 1. The summed E-state index contributed by atoms with van der Waals surface area (Å²) >= 11 is 1.16. The van der Waals surface area contributed by atoms with Gasteiger partial charge in [0.15, 0.2) is 4.80 Å². The third-order valence-electron chi connectivity index (χ3n) is 5.04. The van der Waals surface area contributed by atoms with Crippen molar-refractivity contribution in [1.82, 2.24) is 4.57 Å². The molecule has 0 aliphatic rings. The van der Waals surface area contributed by atoms with Crippen molar-refractivity contribution in [3.05, 3.63) is 69.3 Å². The van der Waals surface area contributed by atoms with Gasteiger partial charge in [0, 0.05) is 18.9 Å². The summed E-state index contributed by atoms with van der Waals surface area (Å²) in [6.07, 6.45) is -9.36. The van der Waals surface area contributed by atoms with Gasteiger partial charge in [-0.05, 0) is 48.7 Å². The van der Waals surface area contributed by atoms with E-state index in [0.717, 1.165) is 29.0 Å². The van der Waals surface area contributed by atoms with Crippen LogP contribution in [0.2, 0.25) is 0 Å². The van der Waals surface area contributed by atoms with Gasteiger partial charge >= 0.3 is 12.4 Å². The third-order valence-corrected chi connectivity index (χ3v) is 5.91. The fourth-order valence-corrected chi connectivity index (χ4v) is 4.35. The van der Waals surface area contributed by atoms with Crippen LogP contribution in [0.1, 0.15) is 44.3 Å². The highest BCUT2D eigenvalue weighted by Crippen LogP contribution is 2.39. The molecule has 3 nitrogen and oxygen atoms in total. The van der Waals surface area contributed by atoms with Gasteiger partial charge < -0.3 is 10.3 Å². The molecule has 0 amide bonds. The largest absolute Gasteiger partial charge is 0.416 e. The summed E-state index contributed by atoms with van der Waals surface area (Å²) in [5, 5.41) is 1.53. The van der Waals surface area contributed by atoms with Crippen molar-refractivity contribution in [2.75, 3.05) is 6.54 Å². The average Bonchev–Trinajstić information content (AvgIpc) is 3.13. The highest BCUT2D eigenvalue weighted by atomic mass is 32.1. The van der Waals surface area contributed by atoms with Crippen LogP contribution >= 0.6 is 11.3 Å². The molecule has 0 radical (unpaired) electrons. The van der Waals surface area contributed by atoms with Crippen LogP contribution < -0.4 is 10.5 Å². The fraction of sp³-hybridized carbons (Fsp3) is 0.348. The Hall–Kier alpha value is -2.59. The van der Waals surface area contributed by atoms with E-state index in [9.17, 15) is 26.3 Å². The monoisotopic (exact) mass is 489 g/mol. The molecule has 0 saturated carbocycles. The number of nitrogens with two attached hydrogens (primary N) is 1. The summed E-state index contributed by atoms with van der Waals surface area (Å²) in [4.78, 5) is 5.17. The van der Waals surface area contributed by atoms with Crippen molar-refractivity contribution < 1.29 is 27.8 Å². The van der Waals surface area contributed by atoms with E-state index in [2.05, 4.69) is 0 Å². The molecule has 2 aromatic carbocycles. The van der Waals surface area contributed by atoms with Crippen molar-refractivity contribution in [2.24, 2.45) is 10.7 Å². The molecule has 3 rings (SSSR count). The second-order valence-electron chi connectivity index (χ2n) is 7.82. The number of hydrogen-bond acceptors (Lipinski definition) is 3. The Labute approximate surface area is 192 Å². The molecule has 0 aliphatic carbocycles. The zero-order chi connectivity index (χ0) is 24.4. The molecule has 10 heteroatoms. The minimum absolute atomic E-state index is 0. The number of benzene rings is 2. The zero-order valence-electron chi connectivity index (χ0n) is 18.0. The summed E-state index contributed by atoms with van der Waals surface area (Å²) in [5.41, 5.74) is 4.65. The van der Waals surface area contributed by atoms with Crippen LogP contribution in [-0.2, 0) is 18.9 Å². The van der Waals surface area contributed by atoms with Gasteiger partial charge in [0.25, 0.3) is 0 Å². The second kappa shape index (κ2) is 9.72. The smallest absolute Gasteiger partial charge is 0.330 e. The molecule has 0 aliphatic heterocycles. The van der Waals surface area contributed by atoms with E-state index in [1.54, 1.807) is 4.57 Å². The second-order valence-corrected chi connectivity index (χ2v) is 8.65. The van der Waals surface area contributed by atoms with Gasteiger partial charge in [0.2, 0.25) is 0 Å². The van der Waals surface area contributed by atoms with Gasteiger partial charge in [-0.15, -0.1) is 11.3 Å². The third kappa shape index (κ3) is 5.86. The van der Waals surface area contributed by atoms with Crippen molar-refractivity contribution >= 4 is 17.0 Å². The number of alkyl halides is 6. The van der Waals surface area contributed by atoms with Crippen molar-refractivity contribution in [3.8, 4) is 11.3 Å². The molecule has 0 fully saturated rings. The zero-order valence-corrected chi connectivity index (χ0v) is 18.8. The molecule has 2 N–H and O–H groups in total. The maximum Gasteiger partial charge on any atom is 0.416 e. The van der Waals surface area contributed by atoms with E-state index in [-0.39, 0.29) is 24.7 Å². The van der Waals surface area contributed by atoms with E-state index in [0.29, 0.717) is 30.0 Å². The highest BCUT2D eigenvalue weighted by Gasteiger charge is 2.37. The Morgan fingerprint density at radius 1 is 1.00 bits per heavy atom. The number of halogens is 6. The first-order chi connectivity index (χ1) is 15.4. The summed E-state index contributed by atoms with van der Waals surface area (Å²) in [5.74, 6) is 0.180. The molecule has 180 valence electrons. The number of aromatic nitrogens is 1. The Morgan fingerprint density at radius 2 is 1.61 bits per heavy atom. The van der Waals surface area contributed by atoms with Gasteiger partial charge in [-0.2, -0.15) is 26.3 Å². The van der Waals surface area contributed by atoms with Crippen LogP contribution in [-0.4, -0.2) is 11.1 Å². The first-order valence-electron chi connectivity index (χ1n) is 10.2. The number of para-hydroxylation sites is 1. The Bertz CT molecular complexity index is 1150. The van der Waals surface area contributed by atoms with Crippen LogP contribution in [0, 0.1) is 0 Å². The normalized spacial score (nSPS) is 13.2. The first kappa shape index (κ1) is 25.0. The Balaban J connectivity index is 0.00000408. The molecule has 33 heavy (non-hydrogen) atoms. The molecule has 0 unspecified atom stereocenters. The van der Waals surface area contributed by atoms with Crippen LogP contribution in [0.25, 0.3) is 11.3 Å².